The molecule has 2 bridgehead atoms. The molecule has 5 aliphatic rings. The summed E-state index contributed by atoms with van der Waals surface area (Å²) < 4.78 is 5.92. The van der Waals surface area contributed by atoms with Crippen molar-refractivity contribution < 1.29 is 19.1 Å². The van der Waals surface area contributed by atoms with Crippen LogP contribution >= 0.6 is 0 Å². The van der Waals surface area contributed by atoms with Gasteiger partial charge in [-0.1, -0.05) is 45.1 Å². The fourth-order valence-electron chi connectivity index (χ4n) is 6.28. The smallest absolute Gasteiger partial charge is 0.244 e. The number of carbonyl (C=O) groups excluding carboxylic acids is 3. The predicted molar refractivity (Wildman–Crippen MR) is 132 cm³/mol. The molecular formula is C29H30N2O4. The van der Waals surface area contributed by atoms with E-state index in [1.54, 1.807) is 24.3 Å². The summed E-state index contributed by atoms with van der Waals surface area (Å²) in [5.74, 6) is 1.54. The predicted octanol–water partition coefficient (Wildman–Crippen LogP) is 4.77. The highest BCUT2D eigenvalue weighted by molar-refractivity contribution is 6.09. The quantitative estimate of drug-likeness (QED) is 0.505. The number of hydrogen-bond donors (Lipinski definition) is 1. The van der Waals surface area contributed by atoms with E-state index in [2.05, 4.69) is 50.4 Å². The molecule has 0 aromatic heterocycles. The van der Waals surface area contributed by atoms with Gasteiger partial charge in [0.1, 0.15) is 18.0 Å². The minimum Gasteiger partial charge on any atom is -0.457 e. The van der Waals surface area contributed by atoms with Gasteiger partial charge in [0.15, 0.2) is 0 Å². The van der Waals surface area contributed by atoms with Crippen LogP contribution in [0.2, 0.25) is 0 Å². The Morgan fingerprint density at radius 3 is 1.91 bits per heavy atom. The molecule has 0 spiro atoms. The molecule has 3 fully saturated rings. The van der Waals surface area contributed by atoms with Gasteiger partial charge in [-0.05, 0) is 77.5 Å². The lowest BCUT2D eigenvalue weighted by atomic mass is 9.63. The first-order chi connectivity index (χ1) is 16.7. The van der Waals surface area contributed by atoms with Crippen LogP contribution in [0.5, 0.6) is 11.5 Å². The molecule has 1 heterocycles. The Kier molecular flexibility index (Phi) is 4.92. The Labute approximate surface area is 205 Å². The van der Waals surface area contributed by atoms with Crippen molar-refractivity contribution in [2.75, 3.05) is 11.9 Å². The van der Waals surface area contributed by atoms with Crippen LogP contribution in [0.25, 0.3) is 0 Å². The zero-order valence-corrected chi connectivity index (χ0v) is 20.2. The van der Waals surface area contributed by atoms with Crippen molar-refractivity contribution in [3.05, 3.63) is 66.2 Å². The third-order valence-corrected chi connectivity index (χ3v) is 8.15. The van der Waals surface area contributed by atoms with Gasteiger partial charge in [0, 0.05) is 5.69 Å². The van der Waals surface area contributed by atoms with Crippen LogP contribution in [-0.4, -0.2) is 29.2 Å². The van der Waals surface area contributed by atoms with Gasteiger partial charge >= 0.3 is 0 Å². The SMILES string of the molecule is CC(C)(C)c1ccc(Oc2ccc(NC(=O)CN3C(=O)[C@H]4[C@@H]5C=C[C@H]([C@H]6C[C@H]56)[C@@H]4C3=O)cc2)cc1. The van der Waals surface area contributed by atoms with Gasteiger partial charge in [-0.25, -0.2) is 0 Å². The number of anilines is 1. The first kappa shape index (κ1) is 22.1. The molecule has 1 aliphatic heterocycles. The maximum Gasteiger partial charge on any atom is 0.244 e. The van der Waals surface area contributed by atoms with Crippen LogP contribution in [0.3, 0.4) is 0 Å². The van der Waals surface area contributed by atoms with Crippen molar-refractivity contribution in [3.8, 4) is 11.5 Å². The normalized spacial score (nSPS) is 30.2. The van der Waals surface area contributed by atoms with Gasteiger partial charge in [0.05, 0.1) is 11.8 Å². The van der Waals surface area contributed by atoms with Crippen molar-refractivity contribution in [1.82, 2.24) is 4.90 Å². The number of hydrogen-bond acceptors (Lipinski definition) is 4. The number of nitrogens with zero attached hydrogens (tertiary/aromatic N) is 1. The number of ether oxygens (including phenoxy) is 1. The van der Waals surface area contributed by atoms with E-state index in [1.165, 1.54) is 10.5 Å². The van der Waals surface area contributed by atoms with E-state index >= 15 is 0 Å². The molecule has 6 nitrogen and oxygen atoms in total. The largest absolute Gasteiger partial charge is 0.457 e. The Balaban J connectivity index is 1.07. The van der Waals surface area contributed by atoms with E-state index in [0.29, 0.717) is 23.3 Å². The summed E-state index contributed by atoms with van der Waals surface area (Å²) in [6, 6.07) is 15.1. The van der Waals surface area contributed by atoms with Crippen LogP contribution < -0.4 is 10.1 Å². The van der Waals surface area contributed by atoms with Crippen LogP contribution in [0.4, 0.5) is 5.69 Å². The van der Waals surface area contributed by atoms with Gasteiger partial charge in [-0.2, -0.15) is 0 Å². The molecule has 180 valence electrons. The van der Waals surface area contributed by atoms with Crippen molar-refractivity contribution in [1.29, 1.82) is 0 Å². The number of nitrogens with one attached hydrogen (secondary N) is 1. The summed E-state index contributed by atoms with van der Waals surface area (Å²) in [5.41, 5.74) is 1.90. The van der Waals surface area contributed by atoms with Gasteiger partial charge in [-0.3, -0.25) is 19.3 Å². The molecule has 0 unspecified atom stereocenters. The zero-order chi connectivity index (χ0) is 24.5. The highest BCUT2D eigenvalue weighted by Crippen LogP contribution is 2.65. The number of carbonyl (C=O) groups is 3. The Morgan fingerprint density at radius 2 is 1.40 bits per heavy atom. The number of benzene rings is 2. The molecule has 6 atom stereocenters. The number of imide groups is 1. The summed E-state index contributed by atoms with van der Waals surface area (Å²) in [5, 5.41) is 2.81. The van der Waals surface area contributed by atoms with Crippen LogP contribution in [-0.2, 0) is 19.8 Å². The van der Waals surface area contributed by atoms with Gasteiger partial charge in [0.25, 0.3) is 0 Å². The fourth-order valence-corrected chi connectivity index (χ4v) is 6.28. The third-order valence-electron chi connectivity index (χ3n) is 8.15. The lowest BCUT2D eigenvalue weighted by Gasteiger charge is -2.37. The molecule has 1 N–H and O–H groups in total. The maximum atomic E-state index is 13.1. The first-order valence-corrected chi connectivity index (χ1v) is 12.4. The van der Waals surface area contributed by atoms with E-state index in [4.69, 9.17) is 4.74 Å². The molecule has 2 saturated carbocycles. The van der Waals surface area contributed by atoms with Crippen molar-refractivity contribution in [2.45, 2.75) is 32.6 Å². The second-order valence-corrected chi connectivity index (χ2v) is 11.4. The van der Waals surface area contributed by atoms with Crippen molar-refractivity contribution in [2.24, 2.45) is 35.5 Å². The first-order valence-electron chi connectivity index (χ1n) is 12.4. The summed E-state index contributed by atoms with van der Waals surface area (Å²) in [4.78, 5) is 40.0. The Bertz CT molecular complexity index is 1190. The van der Waals surface area contributed by atoms with E-state index in [-0.39, 0.29) is 53.4 Å². The van der Waals surface area contributed by atoms with Crippen molar-refractivity contribution >= 4 is 23.4 Å². The van der Waals surface area contributed by atoms with Crippen LogP contribution in [0.1, 0.15) is 32.8 Å². The summed E-state index contributed by atoms with van der Waals surface area (Å²) in [6.45, 7) is 6.27. The maximum absolute atomic E-state index is 13.1. The average Bonchev–Trinajstić information content (AvgIpc) is 3.61. The average molecular weight is 471 g/mol. The highest BCUT2D eigenvalue weighted by Gasteiger charge is 2.67. The van der Waals surface area contributed by atoms with E-state index in [9.17, 15) is 14.4 Å². The molecule has 7 rings (SSSR count). The minimum absolute atomic E-state index is 0.0809. The Hall–Kier alpha value is -3.41. The number of allylic oxidation sites excluding steroid dienone is 2. The second-order valence-electron chi connectivity index (χ2n) is 11.4. The molecule has 4 aliphatic carbocycles. The lowest BCUT2D eigenvalue weighted by Crippen LogP contribution is -2.40. The number of likely N-dealkylation sites (tertiary alicyclic amines) is 1. The molecule has 6 heteroatoms. The standard InChI is InChI=1S/C29H30N2O4/c1-29(2,3)16-4-8-18(9-5-16)35-19-10-6-17(7-11-19)30-24(32)15-31-27(33)25-20-12-13-21(23-14-22(20)23)26(25)28(31)34/h4-13,20-23,25-26H,14-15H2,1-3H3,(H,30,32)/t20-,21-,22-,23-,25+,26+/m1/s1. The molecule has 35 heavy (non-hydrogen) atoms. The van der Waals surface area contributed by atoms with E-state index < -0.39 is 0 Å². The number of amides is 3. The van der Waals surface area contributed by atoms with Gasteiger partial charge in [-0.15, -0.1) is 0 Å². The fraction of sp³-hybridized carbons (Fsp3) is 0.414. The van der Waals surface area contributed by atoms with Gasteiger partial charge < -0.3 is 10.1 Å². The Morgan fingerprint density at radius 1 is 0.886 bits per heavy atom. The van der Waals surface area contributed by atoms with Gasteiger partial charge in [0.2, 0.25) is 17.7 Å². The minimum atomic E-state index is -0.373. The number of rotatable bonds is 5. The molecule has 3 amide bonds. The molecule has 1 saturated heterocycles. The molecule has 0 radical (unpaired) electrons. The zero-order valence-electron chi connectivity index (χ0n) is 20.2. The molecule has 2 aromatic rings. The summed E-state index contributed by atoms with van der Waals surface area (Å²) in [7, 11) is 0. The third kappa shape index (κ3) is 3.76. The lowest BCUT2D eigenvalue weighted by molar-refractivity contribution is -0.142. The summed E-state index contributed by atoms with van der Waals surface area (Å²) in [6.07, 6.45) is 5.40. The van der Waals surface area contributed by atoms with Crippen molar-refractivity contribution in [3.63, 3.8) is 0 Å². The molecular weight excluding hydrogens is 440 g/mol. The van der Waals surface area contributed by atoms with E-state index in [0.717, 1.165) is 12.2 Å². The summed E-state index contributed by atoms with van der Waals surface area (Å²) >= 11 is 0. The van der Waals surface area contributed by atoms with E-state index in [1.807, 2.05) is 12.1 Å². The van der Waals surface area contributed by atoms with Crippen LogP contribution in [0, 0.1) is 35.5 Å². The molecule has 2 aromatic carbocycles. The van der Waals surface area contributed by atoms with Crippen LogP contribution in [0.15, 0.2) is 60.7 Å². The topological polar surface area (TPSA) is 75.7 Å². The highest BCUT2D eigenvalue weighted by atomic mass is 16.5. The second kappa shape index (κ2) is 7.80. The monoisotopic (exact) mass is 470 g/mol.